The lowest BCUT2D eigenvalue weighted by Crippen LogP contribution is -2.39. The lowest BCUT2D eigenvalue weighted by molar-refractivity contribution is -0.486. The first kappa shape index (κ1) is 13.0. The molecule has 2 aliphatic rings. The molecule has 2 bridgehead atoms. The van der Waals surface area contributed by atoms with Crippen LogP contribution in [-0.2, 0) is 5.75 Å². The molecule has 0 N–H and O–H groups in total. The lowest BCUT2D eigenvalue weighted by Gasteiger charge is -2.33. The zero-order chi connectivity index (χ0) is 13.3. The summed E-state index contributed by atoms with van der Waals surface area (Å²) in [6.45, 7) is 0.145. The van der Waals surface area contributed by atoms with Gasteiger partial charge in [-0.3, -0.25) is 10.1 Å². The van der Waals surface area contributed by atoms with E-state index in [0.717, 1.165) is 18.1 Å². The van der Waals surface area contributed by atoms with E-state index in [1.54, 1.807) is 0 Å². The van der Waals surface area contributed by atoms with Crippen LogP contribution in [0.5, 0.6) is 0 Å². The third-order valence-electron chi connectivity index (χ3n) is 4.69. The lowest BCUT2D eigenvalue weighted by atomic mass is 9.88. The number of benzene rings is 1. The van der Waals surface area contributed by atoms with Crippen molar-refractivity contribution in [2.24, 2.45) is 11.8 Å². The maximum absolute atomic E-state index is 11.0. The molecular formula is C15H19NO2S. The molecule has 19 heavy (non-hydrogen) atoms. The second kappa shape index (κ2) is 5.16. The van der Waals surface area contributed by atoms with Crippen LogP contribution in [0.15, 0.2) is 30.3 Å². The second-order valence-corrected chi connectivity index (χ2v) is 7.30. The Morgan fingerprint density at radius 3 is 2.68 bits per heavy atom. The molecule has 3 unspecified atom stereocenters. The predicted molar refractivity (Wildman–Crippen MR) is 77.8 cm³/mol. The summed E-state index contributed by atoms with van der Waals surface area (Å²) in [4.78, 5) is 10.9. The molecular weight excluding hydrogens is 258 g/mol. The molecule has 0 aliphatic heterocycles. The van der Waals surface area contributed by atoms with Gasteiger partial charge in [-0.2, -0.15) is 0 Å². The van der Waals surface area contributed by atoms with E-state index in [1.807, 2.05) is 30.0 Å². The van der Waals surface area contributed by atoms with Crippen molar-refractivity contribution >= 4 is 11.8 Å². The SMILES string of the molecule is O=[N+]([O-])CC1(SCc2ccccc2)CC2CCC1C2. The molecule has 3 rings (SSSR count). The van der Waals surface area contributed by atoms with Gasteiger partial charge in [0.1, 0.15) is 0 Å². The second-order valence-electron chi connectivity index (χ2n) is 5.91. The number of nitrogens with zero attached hydrogens (tertiary/aromatic N) is 1. The van der Waals surface area contributed by atoms with Gasteiger partial charge in [-0.25, -0.2) is 0 Å². The van der Waals surface area contributed by atoms with Gasteiger partial charge in [0.05, 0.1) is 4.75 Å². The molecule has 0 radical (unpaired) electrons. The number of rotatable bonds is 5. The standard InChI is InChI=1S/C15H19NO2S/c17-16(18)11-15(9-13-6-7-14(15)8-13)19-10-12-4-2-1-3-5-12/h1-5,13-14H,6-11H2. The van der Waals surface area contributed by atoms with E-state index in [9.17, 15) is 10.1 Å². The van der Waals surface area contributed by atoms with Crippen molar-refractivity contribution in [1.29, 1.82) is 0 Å². The molecule has 0 aromatic heterocycles. The van der Waals surface area contributed by atoms with Crippen LogP contribution in [0.25, 0.3) is 0 Å². The number of nitro groups is 1. The Labute approximate surface area is 117 Å². The first-order valence-electron chi connectivity index (χ1n) is 6.98. The van der Waals surface area contributed by atoms with Gasteiger partial charge in [-0.1, -0.05) is 36.8 Å². The van der Waals surface area contributed by atoms with Crippen LogP contribution in [0.2, 0.25) is 0 Å². The minimum atomic E-state index is -0.0985. The Morgan fingerprint density at radius 1 is 1.32 bits per heavy atom. The van der Waals surface area contributed by atoms with E-state index >= 15 is 0 Å². The fourth-order valence-corrected chi connectivity index (χ4v) is 5.48. The predicted octanol–water partition coefficient (Wildman–Crippen LogP) is 3.76. The highest BCUT2D eigenvalue weighted by molar-refractivity contribution is 8.00. The summed E-state index contributed by atoms with van der Waals surface area (Å²) in [5, 5.41) is 11.0. The van der Waals surface area contributed by atoms with Crippen molar-refractivity contribution in [2.45, 2.75) is 36.2 Å². The van der Waals surface area contributed by atoms with Gasteiger partial charge in [-0.05, 0) is 36.7 Å². The van der Waals surface area contributed by atoms with Crippen LogP contribution in [0, 0.1) is 22.0 Å². The molecule has 0 spiro atoms. The van der Waals surface area contributed by atoms with Gasteiger partial charge in [0.2, 0.25) is 6.54 Å². The maximum atomic E-state index is 11.0. The fraction of sp³-hybridized carbons (Fsp3) is 0.600. The van der Waals surface area contributed by atoms with Crippen molar-refractivity contribution in [3.63, 3.8) is 0 Å². The van der Waals surface area contributed by atoms with E-state index in [-0.39, 0.29) is 16.2 Å². The zero-order valence-electron chi connectivity index (χ0n) is 11.0. The molecule has 0 heterocycles. The Bertz CT molecular complexity index is 464. The molecule has 0 saturated heterocycles. The Kier molecular flexibility index (Phi) is 3.52. The molecule has 3 nitrogen and oxygen atoms in total. The number of fused-ring (bicyclic) bond motifs is 2. The minimum Gasteiger partial charge on any atom is -0.264 e. The molecule has 1 aromatic carbocycles. The highest BCUT2D eigenvalue weighted by atomic mass is 32.2. The van der Waals surface area contributed by atoms with Crippen LogP contribution in [-0.4, -0.2) is 16.2 Å². The average Bonchev–Trinajstić information content (AvgIpc) is 2.98. The average molecular weight is 277 g/mol. The summed E-state index contributed by atoms with van der Waals surface area (Å²) in [6, 6.07) is 10.3. The van der Waals surface area contributed by atoms with E-state index in [2.05, 4.69) is 12.1 Å². The number of hydrogen-bond donors (Lipinski definition) is 0. The molecule has 3 atom stereocenters. The van der Waals surface area contributed by atoms with Gasteiger partial charge in [-0.15, -0.1) is 11.8 Å². The molecule has 4 heteroatoms. The van der Waals surface area contributed by atoms with Crippen molar-refractivity contribution in [2.75, 3.05) is 6.54 Å². The quantitative estimate of drug-likeness (QED) is 0.608. The van der Waals surface area contributed by atoms with Gasteiger partial charge in [0, 0.05) is 10.7 Å². The van der Waals surface area contributed by atoms with Gasteiger partial charge >= 0.3 is 0 Å². The Balaban J connectivity index is 1.72. The highest BCUT2D eigenvalue weighted by Crippen LogP contribution is 2.57. The van der Waals surface area contributed by atoms with E-state index < -0.39 is 0 Å². The molecule has 0 amide bonds. The van der Waals surface area contributed by atoms with Crippen LogP contribution >= 0.6 is 11.8 Å². The topological polar surface area (TPSA) is 43.1 Å². The van der Waals surface area contributed by atoms with Gasteiger partial charge in [0.25, 0.3) is 0 Å². The third kappa shape index (κ3) is 2.64. The summed E-state index contributed by atoms with van der Waals surface area (Å²) in [5.74, 6) is 2.21. The Morgan fingerprint density at radius 2 is 2.11 bits per heavy atom. The fourth-order valence-electron chi connectivity index (χ4n) is 3.83. The first-order valence-corrected chi connectivity index (χ1v) is 7.96. The van der Waals surface area contributed by atoms with Crippen LogP contribution in [0.1, 0.15) is 31.2 Å². The van der Waals surface area contributed by atoms with Crippen LogP contribution in [0.4, 0.5) is 0 Å². The zero-order valence-corrected chi connectivity index (χ0v) is 11.8. The molecule has 102 valence electrons. The molecule has 2 aliphatic carbocycles. The third-order valence-corrected chi connectivity index (χ3v) is 6.37. The summed E-state index contributed by atoms with van der Waals surface area (Å²) in [6.07, 6.45) is 4.75. The van der Waals surface area contributed by atoms with Crippen LogP contribution in [0.3, 0.4) is 0 Å². The van der Waals surface area contributed by atoms with Crippen molar-refractivity contribution in [1.82, 2.24) is 0 Å². The van der Waals surface area contributed by atoms with Crippen molar-refractivity contribution in [3.8, 4) is 0 Å². The van der Waals surface area contributed by atoms with E-state index in [4.69, 9.17) is 0 Å². The van der Waals surface area contributed by atoms with E-state index in [0.29, 0.717) is 5.92 Å². The molecule has 1 aromatic rings. The van der Waals surface area contributed by atoms with Gasteiger partial charge < -0.3 is 0 Å². The summed E-state index contributed by atoms with van der Waals surface area (Å²) in [7, 11) is 0. The summed E-state index contributed by atoms with van der Waals surface area (Å²) >= 11 is 1.83. The Hall–Kier alpha value is -1.03. The smallest absolute Gasteiger partial charge is 0.218 e. The molecule has 2 fully saturated rings. The van der Waals surface area contributed by atoms with E-state index in [1.165, 1.54) is 24.8 Å². The monoisotopic (exact) mass is 277 g/mol. The van der Waals surface area contributed by atoms with Gasteiger partial charge in [0.15, 0.2) is 0 Å². The molecule has 2 saturated carbocycles. The summed E-state index contributed by atoms with van der Waals surface area (Å²) in [5.41, 5.74) is 1.28. The van der Waals surface area contributed by atoms with Crippen molar-refractivity contribution in [3.05, 3.63) is 46.0 Å². The first-order chi connectivity index (χ1) is 9.18. The number of hydrogen-bond acceptors (Lipinski definition) is 3. The highest BCUT2D eigenvalue weighted by Gasteiger charge is 2.54. The number of thioether (sulfide) groups is 1. The van der Waals surface area contributed by atoms with Crippen LogP contribution < -0.4 is 0 Å². The minimum absolute atomic E-state index is 0.0950. The maximum Gasteiger partial charge on any atom is 0.218 e. The largest absolute Gasteiger partial charge is 0.264 e. The normalized spacial score (nSPS) is 32.6. The summed E-state index contributed by atoms with van der Waals surface area (Å²) < 4.78 is -0.0950. The van der Waals surface area contributed by atoms with Crippen molar-refractivity contribution < 1.29 is 4.92 Å².